The van der Waals surface area contributed by atoms with Gasteiger partial charge >= 0.3 is 12.4 Å². The molecule has 2 heterocycles. The lowest BCUT2D eigenvalue weighted by atomic mass is 10.1. The van der Waals surface area contributed by atoms with Crippen molar-refractivity contribution < 1.29 is 31.9 Å². The number of hydrogen-bond donors (Lipinski definition) is 1. The third-order valence-corrected chi connectivity index (χ3v) is 5.06. The van der Waals surface area contributed by atoms with Crippen LogP contribution in [0, 0.1) is 0 Å². The van der Waals surface area contributed by atoms with Crippen LogP contribution in [-0.4, -0.2) is 59.9 Å². The Balaban J connectivity index is 1.56. The topological polar surface area (TPSA) is 61.9 Å². The van der Waals surface area contributed by atoms with Crippen molar-refractivity contribution in [2.75, 3.05) is 19.6 Å². The average Bonchev–Trinajstić information content (AvgIpc) is 3.08. The Morgan fingerprint density at radius 1 is 1.10 bits per heavy atom. The van der Waals surface area contributed by atoms with Crippen molar-refractivity contribution in [1.82, 2.24) is 15.1 Å². The van der Waals surface area contributed by atoms with Crippen molar-refractivity contribution in [3.63, 3.8) is 0 Å². The van der Waals surface area contributed by atoms with Crippen LogP contribution >= 0.6 is 0 Å². The Bertz CT molecular complexity index is 720. The van der Waals surface area contributed by atoms with E-state index < -0.39 is 24.6 Å². The molecule has 0 aromatic heterocycles. The summed E-state index contributed by atoms with van der Waals surface area (Å²) in [5, 5.41) is 2.60. The number of ether oxygens (including phenoxy) is 1. The van der Waals surface area contributed by atoms with Gasteiger partial charge in [-0.2, -0.15) is 0 Å². The fourth-order valence-electron chi connectivity index (χ4n) is 3.66. The van der Waals surface area contributed by atoms with Crippen molar-refractivity contribution in [3.05, 3.63) is 29.8 Å². The molecule has 2 atom stereocenters. The van der Waals surface area contributed by atoms with E-state index in [1.165, 1.54) is 17.0 Å². The highest BCUT2D eigenvalue weighted by atomic mass is 19.4. The Morgan fingerprint density at radius 2 is 1.76 bits per heavy atom. The number of piperidine rings is 1. The second kappa shape index (κ2) is 8.87. The highest BCUT2D eigenvalue weighted by molar-refractivity contribution is 5.88. The van der Waals surface area contributed by atoms with Crippen molar-refractivity contribution in [3.8, 4) is 5.75 Å². The third-order valence-electron chi connectivity index (χ3n) is 5.06. The third kappa shape index (κ3) is 5.74. The number of benzene rings is 1. The number of alkyl halides is 4. The molecule has 2 aliphatic rings. The summed E-state index contributed by atoms with van der Waals surface area (Å²) in [4.78, 5) is 28.1. The van der Waals surface area contributed by atoms with Gasteiger partial charge in [-0.15, -0.1) is 13.2 Å². The predicted molar refractivity (Wildman–Crippen MR) is 95.8 cm³/mol. The molecule has 1 N–H and O–H groups in total. The van der Waals surface area contributed by atoms with E-state index in [9.17, 15) is 27.2 Å². The Hall–Kier alpha value is -2.52. The van der Waals surface area contributed by atoms with Crippen LogP contribution in [-0.2, 0) is 11.3 Å². The first-order valence-corrected chi connectivity index (χ1v) is 9.55. The lowest BCUT2D eigenvalue weighted by Gasteiger charge is -2.32. The van der Waals surface area contributed by atoms with E-state index in [4.69, 9.17) is 0 Å². The molecule has 2 fully saturated rings. The molecular weight excluding hydrogens is 394 g/mol. The summed E-state index contributed by atoms with van der Waals surface area (Å²) < 4.78 is 54.3. The molecule has 0 bridgehead atoms. The molecule has 3 rings (SSSR count). The molecule has 2 aliphatic heterocycles. The highest BCUT2D eigenvalue weighted by Gasteiger charge is 2.41. The number of hydrogen-bond acceptors (Lipinski definition) is 3. The number of nitrogens with one attached hydrogen (secondary N) is 1. The molecule has 29 heavy (non-hydrogen) atoms. The summed E-state index contributed by atoms with van der Waals surface area (Å²) in [6.45, 7) is 1.11. The van der Waals surface area contributed by atoms with Gasteiger partial charge in [0.2, 0.25) is 5.91 Å². The first kappa shape index (κ1) is 21.2. The van der Waals surface area contributed by atoms with E-state index in [1.54, 1.807) is 4.90 Å². The minimum Gasteiger partial charge on any atom is -0.406 e. The van der Waals surface area contributed by atoms with Crippen LogP contribution in [0.4, 0.5) is 22.4 Å². The van der Waals surface area contributed by atoms with Crippen LogP contribution < -0.4 is 10.1 Å². The summed E-state index contributed by atoms with van der Waals surface area (Å²) in [6, 6.07) is 3.66. The van der Waals surface area contributed by atoms with Crippen molar-refractivity contribution >= 4 is 11.9 Å². The number of nitrogens with zero attached hydrogens (tertiary/aromatic N) is 2. The molecule has 1 aromatic carbocycles. The number of halogens is 4. The zero-order valence-corrected chi connectivity index (χ0v) is 15.8. The SMILES string of the molecule is O=C([C@@H]1C[C@H](F)CN1C(=O)NCc1ccc(OC(F)(F)F)cc1)N1CCCCC1. The van der Waals surface area contributed by atoms with Crippen LogP contribution in [0.5, 0.6) is 5.75 Å². The molecule has 0 saturated carbocycles. The Kier molecular flexibility index (Phi) is 6.49. The van der Waals surface area contributed by atoms with Gasteiger partial charge < -0.3 is 19.9 Å². The summed E-state index contributed by atoms with van der Waals surface area (Å²) >= 11 is 0. The summed E-state index contributed by atoms with van der Waals surface area (Å²) in [5.41, 5.74) is 0.544. The van der Waals surface area contributed by atoms with E-state index in [1.807, 2.05) is 0 Å². The minimum absolute atomic E-state index is 0.0216. The largest absolute Gasteiger partial charge is 0.573 e. The molecule has 6 nitrogen and oxygen atoms in total. The van der Waals surface area contributed by atoms with E-state index >= 15 is 0 Å². The zero-order valence-electron chi connectivity index (χ0n) is 15.8. The van der Waals surface area contributed by atoms with Crippen LogP contribution in [0.2, 0.25) is 0 Å². The smallest absolute Gasteiger partial charge is 0.406 e. The number of carbonyl (C=O) groups excluding carboxylic acids is 2. The summed E-state index contributed by atoms with van der Waals surface area (Å²) in [7, 11) is 0. The lowest BCUT2D eigenvalue weighted by molar-refractivity contribution is -0.274. The quantitative estimate of drug-likeness (QED) is 0.766. The van der Waals surface area contributed by atoms with Gasteiger partial charge in [0.05, 0.1) is 6.54 Å². The van der Waals surface area contributed by atoms with E-state index in [-0.39, 0.29) is 31.2 Å². The van der Waals surface area contributed by atoms with Gasteiger partial charge in [-0.05, 0) is 37.0 Å². The van der Waals surface area contributed by atoms with Gasteiger partial charge in [0, 0.05) is 26.1 Å². The van der Waals surface area contributed by atoms with Crippen molar-refractivity contribution in [2.45, 2.75) is 50.8 Å². The molecule has 1 aromatic rings. The van der Waals surface area contributed by atoms with Gasteiger partial charge in [0.15, 0.2) is 0 Å². The minimum atomic E-state index is -4.77. The predicted octanol–water partition coefficient (Wildman–Crippen LogP) is 3.22. The first-order chi connectivity index (χ1) is 13.7. The molecule has 10 heteroatoms. The maximum Gasteiger partial charge on any atom is 0.573 e. The van der Waals surface area contributed by atoms with E-state index in [0.29, 0.717) is 18.7 Å². The van der Waals surface area contributed by atoms with Gasteiger partial charge in [-0.25, -0.2) is 9.18 Å². The Morgan fingerprint density at radius 3 is 2.38 bits per heavy atom. The zero-order chi connectivity index (χ0) is 21.0. The number of urea groups is 1. The van der Waals surface area contributed by atoms with E-state index in [2.05, 4.69) is 10.1 Å². The lowest BCUT2D eigenvalue weighted by Crippen LogP contribution is -2.51. The number of rotatable bonds is 4. The number of likely N-dealkylation sites (tertiary alicyclic amines) is 2. The maximum absolute atomic E-state index is 14.0. The molecule has 0 spiro atoms. The molecule has 0 unspecified atom stereocenters. The monoisotopic (exact) mass is 417 g/mol. The highest BCUT2D eigenvalue weighted by Crippen LogP contribution is 2.25. The average molecular weight is 417 g/mol. The fraction of sp³-hybridized carbons (Fsp3) is 0.579. The molecule has 3 amide bonds. The normalized spacial score (nSPS) is 22.5. The molecule has 2 saturated heterocycles. The van der Waals surface area contributed by atoms with Gasteiger partial charge in [-0.3, -0.25) is 4.79 Å². The van der Waals surface area contributed by atoms with Crippen LogP contribution in [0.15, 0.2) is 24.3 Å². The second-order valence-electron chi connectivity index (χ2n) is 7.24. The molecule has 160 valence electrons. The molecule has 0 radical (unpaired) electrons. The first-order valence-electron chi connectivity index (χ1n) is 9.55. The standard InChI is InChI=1S/C19H23F4N3O3/c20-14-10-16(17(27)25-8-2-1-3-9-25)26(12-14)18(28)24-11-13-4-6-15(7-5-13)29-19(21,22)23/h4-7,14,16H,1-3,8-12H2,(H,24,28)/t14-,16-/m0/s1. The van der Waals surface area contributed by atoms with Crippen LogP contribution in [0.3, 0.4) is 0 Å². The van der Waals surface area contributed by atoms with Gasteiger partial charge in [0.25, 0.3) is 0 Å². The maximum atomic E-state index is 14.0. The van der Waals surface area contributed by atoms with E-state index in [0.717, 1.165) is 31.4 Å². The number of carbonyl (C=O) groups is 2. The van der Waals surface area contributed by atoms with Crippen LogP contribution in [0.1, 0.15) is 31.2 Å². The van der Waals surface area contributed by atoms with Crippen molar-refractivity contribution in [2.24, 2.45) is 0 Å². The molecule has 0 aliphatic carbocycles. The fourth-order valence-corrected chi connectivity index (χ4v) is 3.66. The number of amides is 3. The van der Waals surface area contributed by atoms with Gasteiger partial charge in [-0.1, -0.05) is 12.1 Å². The summed E-state index contributed by atoms with van der Waals surface area (Å²) in [5.74, 6) is -0.590. The summed E-state index contributed by atoms with van der Waals surface area (Å²) in [6.07, 6.45) is -3.21. The van der Waals surface area contributed by atoms with Crippen LogP contribution in [0.25, 0.3) is 0 Å². The van der Waals surface area contributed by atoms with Gasteiger partial charge in [0.1, 0.15) is 18.0 Å². The molecular formula is C19H23F4N3O3. The van der Waals surface area contributed by atoms with Crippen molar-refractivity contribution in [1.29, 1.82) is 0 Å². The second-order valence-corrected chi connectivity index (χ2v) is 7.24. The Labute approximate surface area is 165 Å².